The molecular formula is C11H12N4O5. The van der Waals surface area contributed by atoms with E-state index in [1.807, 2.05) is 0 Å². The van der Waals surface area contributed by atoms with Crippen LogP contribution in [0.2, 0.25) is 0 Å². The maximum atomic E-state index is 11.6. The lowest BCUT2D eigenvalue weighted by Gasteiger charge is -2.23. The molecule has 1 atom stereocenters. The van der Waals surface area contributed by atoms with Crippen molar-refractivity contribution in [1.82, 2.24) is 10.3 Å². The molecule has 2 rings (SSSR count). The molecule has 2 heterocycles. The highest BCUT2D eigenvalue weighted by molar-refractivity contribution is 5.88. The summed E-state index contributed by atoms with van der Waals surface area (Å²) < 4.78 is 0. The molecule has 1 aromatic heterocycles. The van der Waals surface area contributed by atoms with Crippen LogP contribution in [0.3, 0.4) is 0 Å². The summed E-state index contributed by atoms with van der Waals surface area (Å²) in [7, 11) is 0. The van der Waals surface area contributed by atoms with E-state index in [1.165, 1.54) is 0 Å². The average Bonchev–Trinajstić information content (AvgIpc) is 2.41. The number of nitrogens with one attached hydrogen (secondary N) is 2. The molecule has 3 N–H and O–H groups in total. The number of anilines is 1. The van der Waals surface area contributed by atoms with Gasteiger partial charge in [-0.15, -0.1) is 0 Å². The number of carbonyl (C=O) groups excluding carboxylic acids is 1. The Morgan fingerprint density at radius 1 is 1.55 bits per heavy atom. The second kappa shape index (κ2) is 5.51. The molecule has 0 bridgehead atoms. The van der Waals surface area contributed by atoms with Crippen molar-refractivity contribution < 1.29 is 19.6 Å². The molecule has 1 fully saturated rings. The van der Waals surface area contributed by atoms with Crippen molar-refractivity contribution in [1.29, 1.82) is 0 Å². The predicted molar refractivity (Wildman–Crippen MR) is 67.5 cm³/mol. The van der Waals surface area contributed by atoms with E-state index in [4.69, 9.17) is 5.11 Å². The van der Waals surface area contributed by atoms with Gasteiger partial charge in [-0.3, -0.25) is 14.9 Å². The van der Waals surface area contributed by atoms with Gasteiger partial charge in [-0.25, -0.2) is 9.78 Å². The van der Waals surface area contributed by atoms with E-state index in [0.717, 1.165) is 18.6 Å². The summed E-state index contributed by atoms with van der Waals surface area (Å²) >= 11 is 0. The zero-order valence-corrected chi connectivity index (χ0v) is 10.3. The summed E-state index contributed by atoms with van der Waals surface area (Å²) in [5, 5.41) is 25.0. The second-order valence-corrected chi connectivity index (χ2v) is 4.26. The van der Waals surface area contributed by atoms with Gasteiger partial charge in [0, 0.05) is 12.6 Å². The van der Waals surface area contributed by atoms with E-state index in [1.54, 1.807) is 0 Å². The van der Waals surface area contributed by atoms with Crippen LogP contribution in [0.25, 0.3) is 0 Å². The minimum atomic E-state index is -1.30. The summed E-state index contributed by atoms with van der Waals surface area (Å²) in [5.74, 6) is -1.79. The van der Waals surface area contributed by atoms with Gasteiger partial charge < -0.3 is 15.7 Å². The molecule has 1 aliphatic heterocycles. The van der Waals surface area contributed by atoms with E-state index in [0.29, 0.717) is 13.0 Å². The smallest absolute Gasteiger partial charge is 0.354 e. The van der Waals surface area contributed by atoms with Crippen LogP contribution >= 0.6 is 0 Å². The van der Waals surface area contributed by atoms with Crippen LogP contribution < -0.4 is 10.6 Å². The number of carboxylic acids is 1. The van der Waals surface area contributed by atoms with Crippen LogP contribution in [0.5, 0.6) is 0 Å². The Kier molecular flexibility index (Phi) is 3.78. The number of nitro groups is 1. The van der Waals surface area contributed by atoms with Crippen molar-refractivity contribution in [2.45, 2.75) is 18.9 Å². The van der Waals surface area contributed by atoms with Crippen LogP contribution in [0.15, 0.2) is 12.1 Å². The topological polar surface area (TPSA) is 134 Å². The predicted octanol–water partition coefficient (Wildman–Crippen LogP) is 0.378. The van der Waals surface area contributed by atoms with Crippen molar-refractivity contribution in [3.05, 3.63) is 27.9 Å². The van der Waals surface area contributed by atoms with Gasteiger partial charge in [0.05, 0.1) is 4.92 Å². The molecule has 9 heteroatoms. The Labute approximate surface area is 113 Å². The molecule has 1 aromatic rings. The molecule has 106 valence electrons. The number of hydrogen-bond acceptors (Lipinski definition) is 6. The van der Waals surface area contributed by atoms with Gasteiger partial charge in [-0.05, 0) is 18.9 Å². The molecule has 20 heavy (non-hydrogen) atoms. The van der Waals surface area contributed by atoms with E-state index in [9.17, 15) is 19.7 Å². The maximum absolute atomic E-state index is 11.6. The van der Waals surface area contributed by atoms with Crippen molar-refractivity contribution in [3.8, 4) is 0 Å². The number of aromatic carboxylic acids is 1. The molecule has 1 unspecified atom stereocenters. The van der Waals surface area contributed by atoms with E-state index >= 15 is 0 Å². The fourth-order valence-corrected chi connectivity index (χ4v) is 1.90. The lowest BCUT2D eigenvalue weighted by molar-refractivity contribution is -0.384. The van der Waals surface area contributed by atoms with E-state index in [-0.39, 0.29) is 23.1 Å². The van der Waals surface area contributed by atoms with Gasteiger partial charge in [-0.1, -0.05) is 0 Å². The number of carboxylic acid groups (broad SMARTS) is 1. The number of pyridine rings is 1. The molecular weight excluding hydrogens is 268 g/mol. The highest BCUT2D eigenvalue weighted by Crippen LogP contribution is 2.24. The summed E-state index contributed by atoms with van der Waals surface area (Å²) in [6.07, 6.45) is 1.23. The molecule has 1 aliphatic rings. The van der Waals surface area contributed by atoms with Crippen molar-refractivity contribution >= 4 is 23.4 Å². The quantitative estimate of drug-likeness (QED) is 0.536. The molecule has 0 aliphatic carbocycles. The van der Waals surface area contributed by atoms with Gasteiger partial charge in [0.15, 0.2) is 5.69 Å². The summed E-state index contributed by atoms with van der Waals surface area (Å²) in [6.45, 7) is 0.557. The number of rotatable bonds is 4. The van der Waals surface area contributed by atoms with Crippen LogP contribution in [0, 0.1) is 10.1 Å². The highest BCUT2D eigenvalue weighted by atomic mass is 16.6. The minimum absolute atomic E-state index is 0.211. The average molecular weight is 280 g/mol. The fraction of sp³-hybridized carbons (Fsp3) is 0.364. The molecule has 1 saturated heterocycles. The first kappa shape index (κ1) is 13.7. The number of piperidine rings is 1. The van der Waals surface area contributed by atoms with Crippen LogP contribution in [-0.4, -0.2) is 39.5 Å². The third-order valence-electron chi connectivity index (χ3n) is 2.89. The minimum Gasteiger partial charge on any atom is -0.477 e. The third kappa shape index (κ3) is 2.82. The van der Waals surface area contributed by atoms with Crippen molar-refractivity contribution in [2.24, 2.45) is 0 Å². The lowest BCUT2D eigenvalue weighted by atomic mass is 10.1. The largest absolute Gasteiger partial charge is 0.477 e. The zero-order chi connectivity index (χ0) is 14.7. The van der Waals surface area contributed by atoms with Gasteiger partial charge in [-0.2, -0.15) is 0 Å². The SMILES string of the molecule is O=C(O)c1ccc([N+](=O)[O-])c(NC2CCCNC2=O)n1. The first-order chi connectivity index (χ1) is 9.49. The Hall–Kier alpha value is -2.71. The monoisotopic (exact) mass is 280 g/mol. The van der Waals surface area contributed by atoms with Gasteiger partial charge in [0.2, 0.25) is 11.7 Å². The van der Waals surface area contributed by atoms with Crippen LogP contribution in [0.4, 0.5) is 11.5 Å². The van der Waals surface area contributed by atoms with Crippen LogP contribution in [-0.2, 0) is 4.79 Å². The lowest BCUT2D eigenvalue weighted by Crippen LogP contribution is -2.44. The standard InChI is InChI=1S/C11H12N4O5/c16-10-6(2-1-5-12-10)13-9-8(15(19)20)4-3-7(14-9)11(17)18/h3-4,6H,1-2,5H2,(H,12,16)(H,13,14)(H,17,18). The number of carbonyl (C=O) groups is 2. The van der Waals surface area contributed by atoms with E-state index < -0.39 is 16.9 Å². The normalized spacial score (nSPS) is 18.2. The van der Waals surface area contributed by atoms with Crippen molar-refractivity contribution in [3.63, 3.8) is 0 Å². The van der Waals surface area contributed by atoms with Gasteiger partial charge in [0.1, 0.15) is 6.04 Å². The number of nitrogens with zero attached hydrogens (tertiary/aromatic N) is 2. The fourth-order valence-electron chi connectivity index (χ4n) is 1.90. The number of amides is 1. The van der Waals surface area contributed by atoms with Crippen molar-refractivity contribution in [2.75, 3.05) is 11.9 Å². The Morgan fingerprint density at radius 3 is 2.90 bits per heavy atom. The Balaban J connectivity index is 2.32. The second-order valence-electron chi connectivity index (χ2n) is 4.26. The van der Waals surface area contributed by atoms with Gasteiger partial charge in [0.25, 0.3) is 0 Å². The Bertz CT molecular complexity index is 574. The summed E-state index contributed by atoms with van der Waals surface area (Å²) in [4.78, 5) is 36.4. The zero-order valence-electron chi connectivity index (χ0n) is 10.3. The van der Waals surface area contributed by atoms with Gasteiger partial charge >= 0.3 is 11.7 Å². The molecule has 9 nitrogen and oxygen atoms in total. The highest BCUT2D eigenvalue weighted by Gasteiger charge is 2.26. The molecule has 0 spiro atoms. The van der Waals surface area contributed by atoms with Crippen LogP contribution in [0.1, 0.15) is 23.3 Å². The summed E-state index contributed by atoms with van der Waals surface area (Å²) in [5.41, 5.74) is -0.692. The molecule has 0 aromatic carbocycles. The van der Waals surface area contributed by atoms with E-state index in [2.05, 4.69) is 15.6 Å². The number of aromatic nitrogens is 1. The third-order valence-corrected chi connectivity index (χ3v) is 2.89. The first-order valence-corrected chi connectivity index (χ1v) is 5.92. The number of hydrogen-bond donors (Lipinski definition) is 3. The molecule has 0 saturated carbocycles. The first-order valence-electron chi connectivity index (χ1n) is 5.92. The Morgan fingerprint density at radius 2 is 2.30 bits per heavy atom. The summed E-state index contributed by atoms with van der Waals surface area (Å²) in [6, 6.07) is 1.45. The maximum Gasteiger partial charge on any atom is 0.354 e. The molecule has 1 amide bonds. The molecule has 0 radical (unpaired) electrons.